The van der Waals surface area contributed by atoms with Gasteiger partial charge in [-0.15, -0.1) is 10.2 Å². The summed E-state index contributed by atoms with van der Waals surface area (Å²) in [6.45, 7) is 2.81. The van der Waals surface area contributed by atoms with Gasteiger partial charge in [-0.3, -0.25) is 14.9 Å². The van der Waals surface area contributed by atoms with Gasteiger partial charge < -0.3 is 9.88 Å². The molecular formula is C25H22FN5O3S. The van der Waals surface area contributed by atoms with Gasteiger partial charge in [-0.2, -0.15) is 0 Å². The Balaban J connectivity index is 1.40. The predicted octanol–water partition coefficient (Wildman–Crippen LogP) is 5.23. The summed E-state index contributed by atoms with van der Waals surface area (Å²) in [6, 6.07) is 19.7. The maximum atomic E-state index is 13.0. The number of amides is 1. The van der Waals surface area contributed by atoms with E-state index in [1.807, 2.05) is 23.6 Å². The van der Waals surface area contributed by atoms with Gasteiger partial charge >= 0.3 is 0 Å². The van der Waals surface area contributed by atoms with E-state index in [2.05, 4.69) is 15.5 Å². The fourth-order valence-electron chi connectivity index (χ4n) is 3.49. The van der Waals surface area contributed by atoms with E-state index < -0.39 is 4.92 Å². The van der Waals surface area contributed by atoms with Gasteiger partial charge in [0, 0.05) is 30.5 Å². The number of para-hydroxylation sites is 1. The number of nitro groups is 1. The van der Waals surface area contributed by atoms with E-state index in [1.54, 1.807) is 42.5 Å². The number of thioether (sulfide) groups is 1. The summed E-state index contributed by atoms with van der Waals surface area (Å²) in [5, 5.41) is 23.4. The molecule has 0 fully saturated rings. The summed E-state index contributed by atoms with van der Waals surface area (Å²) in [5.41, 5.74) is 2.74. The van der Waals surface area contributed by atoms with E-state index in [9.17, 15) is 19.3 Å². The molecule has 0 aliphatic rings. The van der Waals surface area contributed by atoms with Crippen molar-refractivity contribution in [2.24, 2.45) is 0 Å². The van der Waals surface area contributed by atoms with E-state index >= 15 is 0 Å². The quantitative estimate of drug-likeness (QED) is 0.195. The van der Waals surface area contributed by atoms with Crippen molar-refractivity contribution in [3.05, 3.63) is 105 Å². The molecule has 35 heavy (non-hydrogen) atoms. The van der Waals surface area contributed by atoms with Gasteiger partial charge in [-0.1, -0.05) is 48.2 Å². The second-order valence-corrected chi connectivity index (χ2v) is 8.56. The maximum Gasteiger partial charge on any atom is 0.280 e. The van der Waals surface area contributed by atoms with Crippen molar-refractivity contribution in [3.63, 3.8) is 0 Å². The maximum absolute atomic E-state index is 13.0. The molecule has 0 aliphatic carbocycles. The molecule has 0 atom stereocenters. The van der Waals surface area contributed by atoms with E-state index in [1.165, 1.54) is 30.0 Å². The molecule has 4 rings (SSSR count). The monoisotopic (exact) mass is 491 g/mol. The molecule has 10 heteroatoms. The Labute approximate surface area is 205 Å². The molecule has 0 spiro atoms. The third-order valence-electron chi connectivity index (χ3n) is 5.33. The van der Waals surface area contributed by atoms with Crippen molar-refractivity contribution in [2.45, 2.75) is 30.9 Å². The molecule has 8 nitrogen and oxygen atoms in total. The number of halogens is 1. The lowest BCUT2D eigenvalue weighted by Gasteiger charge is -2.08. The first-order valence-corrected chi connectivity index (χ1v) is 11.9. The Kier molecular flexibility index (Phi) is 7.51. The average molecular weight is 492 g/mol. The Morgan fingerprint density at radius 2 is 1.71 bits per heavy atom. The Bertz CT molecular complexity index is 1340. The zero-order valence-corrected chi connectivity index (χ0v) is 19.7. The second-order valence-electron chi connectivity index (χ2n) is 7.62. The lowest BCUT2D eigenvalue weighted by Crippen LogP contribution is -2.22. The zero-order chi connectivity index (χ0) is 24.8. The zero-order valence-electron chi connectivity index (χ0n) is 18.8. The van der Waals surface area contributed by atoms with Crippen LogP contribution in [0.5, 0.6) is 0 Å². The standard InChI is InChI=1S/C25H22FN5O3S/c1-2-30-23(21-5-3-4-6-22(21)31(33)34)28-29-25(30)35-16-18-7-11-19(12-8-18)24(32)27-15-17-9-13-20(26)14-10-17/h3-14H,2,15-16H2,1H3,(H,27,32). The van der Waals surface area contributed by atoms with Gasteiger partial charge in [0.25, 0.3) is 11.6 Å². The summed E-state index contributed by atoms with van der Waals surface area (Å²) in [7, 11) is 0. The van der Waals surface area contributed by atoms with Gasteiger partial charge in [0.05, 0.1) is 10.5 Å². The molecule has 1 amide bonds. The number of rotatable bonds is 9. The summed E-state index contributed by atoms with van der Waals surface area (Å²) < 4.78 is 14.9. The molecule has 178 valence electrons. The van der Waals surface area contributed by atoms with Crippen molar-refractivity contribution < 1.29 is 14.1 Å². The van der Waals surface area contributed by atoms with Gasteiger partial charge in [-0.05, 0) is 48.4 Å². The Morgan fingerprint density at radius 3 is 2.40 bits per heavy atom. The molecule has 0 bridgehead atoms. The van der Waals surface area contributed by atoms with E-state index in [0.29, 0.717) is 41.0 Å². The number of carbonyl (C=O) groups excluding carboxylic acids is 1. The van der Waals surface area contributed by atoms with Crippen LogP contribution < -0.4 is 5.32 Å². The molecule has 3 aromatic carbocycles. The van der Waals surface area contributed by atoms with E-state index in [0.717, 1.165) is 11.1 Å². The summed E-state index contributed by atoms with van der Waals surface area (Å²) in [6.07, 6.45) is 0. The predicted molar refractivity (Wildman–Crippen MR) is 131 cm³/mol. The number of carbonyl (C=O) groups is 1. The van der Waals surface area contributed by atoms with Crippen molar-refractivity contribution in [1.29, 1.82) is 0 Å². The minimum absolute atomic E-state index is 0.0144. The summed E-state index contributed by atoms with van der Waals surface area (Å²) >= 11 is 1.47. The molecule has 0 radical (unpaired) electrons. The highest BCUT2D eigenvalue weighted by molar-refractivity contribution is 7.98. The van der Waals surface area contributed by atoms with Crippen LogP contribution in [0.15, 0.2) is 78.0 Å². The van der Waals surface area contributed by atoms with Crippen LogP contribution in [0, 0.1) is 15.9 Å². The highest BCUT2D eigenvalue weighted by atomic mass is 32.2. The number of aromatic nitrogens is 3. The minimum atomic E-state index is -0.422. The molecule has 0 unspecified atom stereocenters. The summed E-state index contributed by atoms with van der Waals surface area (Å²) in [4.78, 5) is 23.4. The highest BCUT2D eigenvalue weighted by Crippen LogP contribution is 2.31. The van der Waals surface area contributed by atoms with E-state index in [4.69, 9.17) is 0 Å². The van der Waals surface area contributed by atoms with Crippen molar-refractivity contribution in [1.82, 2.24) is 20.1 Å². The highest BCUT2D eigenvalue weighted by Gasteiger charge is 2.21. The SMILES string of the molecule is CCn1c(SCc2ccc(C(=O)NCc3ccc(F)cc3)cc2)nnc1-c1ccccc1[N+](=O)[O-]. The third kappa shape index (κ3) is 5.72. The van der Waals surface area contributed by atoms with Crippen LogP contribution in [0.2, 0.25) is 0 Å². The molecule has 1 aromatic heterocycles. The van der Waals surface area contributed by atoms with E-state index in [-0.39, 0.29) is 17.4 Å². The number of hydrogen-bond donors (Lipinski definition) is 1. The lowest BCUT2D eigenvalue weighted by molar-refractivity contribution is -0.384. The number of nitrogens with one attached hydrogen (secondary N) is 1. The largest absolute Gasteiger partial charge is 0.348 e. The van der Waals surface area contributed by atoms with Crippen molar-refractivity contribution in [2.75, 3.05) is 0 Å². The topological polar surface area (TPSA) is 103 Å². The van der Waals surface area contributed by atoms with Crippen LogP contribution >= 0.6 is 11.8 Å². The Hall–Kier alpha value is -4.05. The summed E-state index contributed by atoms with van der Waals surface area (Å²) in [5.74, 6) is 0.513. The first-order valence-electron chi connectivity index (χ1n) is 10.9. The Morgan fingerprint density at radius 1 is 1.03 bits per heavy atom. The number of nitrogens with zero attached hydrogens (tertiary/aromatic N) is 4. The van der Waals surface area contributed by atoms with Gasteiger partial charge in [-0.25, -0.2) is 4.39 Å². The first-order chi connectivity index (χ1) is 17.0. The van der Waals surface area contributed by atoms with Crippen LogP contribution in [0.25, 0.3) is 11.4 Å². The fourth-order valence-corrected chi connectivity index (χ4v) is 4.45. The van der Waals surface area contributed by atoms with Crippen LogP contribution in [-0.4, -0.2) is 25.6 Å². The molecule has 1 N–H and O–H groups in total. The molecule has 0 saturated heterocycles. The van der Waals surface area contributed by atoms with Gasteiger partial charge in [0.15, 0.2) is 11.0 Å². The smallest absolute Gasteiger partial charge is 0.280 e. The average Bonchev–Trinajstić information content (AvgIpc) is 3.30. The van der Waals surface area contributed by atoms with Crippen LogP contribution in [0.3, 0.4) is 0 Å². The van der Waals surface area contributed by atoms with Crippen LogP contribution in [-0.2, 0) is 18.8 Å². The van der Waals surface area contributed by atoms with Crippen LogP contribution in [0.1, 0.15) is 28.4 Å². The van der Waals surface area contributed by atoms with Gasteiger partial charge in [0.1, 0.15) is 5.82 Å². The second kappa shape index (κ2) is 10.9. The normalized spacial score (nSPS) is 10.8. The van der Waals surface area contributed by atoms with Crippen molar-refractivity contribution >= 4 is 23.4 Å². The third-order valence-corrected chi connectivity index (χ3v) is 6.36. The minimum Gasteiger partial charge on any atom is -0.348 e. The molecular weight excluding hydrogens is 469 g/mol. The molecule has 0 saturated carbocycles. The molecule has 1 heterocycles. The molecule has 4 aromatic rings. The first kappa shape index (κ1) is 24.1. The van der Waals surface area contributed by atoms with Crippen LogP contribution in [0.4, 0.5) is 10.1 Å². The molecule has 0 aliphatic heterocycles. The number of hydrogen-bond acceptors (Lipinski definition) is 6. The lowest BCUT2D eigenvalue weighted by atomic mass is 10.1. The number of nitro benzene ring substituents is 1. The fraction of sp³-hybridized carbons (Fsp3) is 0.160. The van der Waals surface area contributed by atoms with Gasteiger partial charge in [0.2, 0.25) is 0 Å². The number of benzene rings is 3. The van der Waals surface area contributed by atoms with Crippen molar-refractivity contribution in [3.8, 4) is 11.4 Å².